The molecular formula is C9H13N3O2. The first-order valence-electron chi connectivity index (χ1n) is 4.44. The van der Waals surface area contributed by atoms with E-state index in [9.17, 15) is 10.1 Å². The van der Waals surface area contributed by atoms with Gasteiger partial charge in [0.25, 0.3) is 5.69 Å². The van der Waals surface area contributed by atoms with Crippen molar-refractivity contribution >= 4 is 11.5 Å². The van der Waals surface area contributed by atoms with E-state index in [1.165, 1.54) is 18.3 Å². The van der Waals surface area contributed by atoms with Crippen molar-refractivity contribution in [3.63, 3.8) is 0 Å². The molecule has 1 N–H and O–H groups in total. The van der Waals surface area contributed by atoms with Crippen molar-refractivity contribution in [3.8, 4) is 0 Å². The average Bonchev–Trinajstić information content (AvgIpc) is 2.15. The molecule has 1 aromatic heterocycles. The van der Waals surface area contributed by atoms with Crippen LogP contribution in [0.2, 0.25) is 0 Å². The van der Waals surface area contributed by atoms with Gasteiger partial charge in [-0.1, -0.05) is 13.8 Å². The monoisotopic (exact) mass is 195 g/mol. The smallest absolute Gasteiger partial charge is 0.274 e. The van der Waals surface area contributed by atoms with E-state index in [0.29, 0.717) is 11.7 Å². The van der Waals surface area contributed by atoms with E-state index in [2.05, 4.69) is 24.1 Å². The Morgan fingerprint density at radius 1 is 1.64 bits per heavy atom. The Kier molecular flexibility index (Phi) is 3.39. The molecule has 0 radical (unpaired) electrons. The first-order chi connectivity index (χ1) is 6.59. The molecular weight excluding hydrogens is 182 g/mol. The van der Waals surface area contributed by atoms with Crippen LogP contribution in [0.5, 0.6) is 0 Å². The van der Waals surface area contributed by atoms with E-state index in [1.54, 1.807) is 0 Å². The fourth-order valence-electron chi connectivity index (χ4n) is 0.938. The molecule has 0 aromatic carbocycles. The van der Waals surface area contributed by atoms with Crippen LogP contribution in [-0.2, 0) is 0 Å². The van der Waals surface area contributed by atoms with Gasteiger partial charge >= 0.3 is 0 Å². The molecule has 76 valence electrons. The largest absolute Gasteiger partial charge is 0.370 e. The van der Waals surface area contributed by atoms with E-state index < -0.39 is 4.92 Å². The predicted octanol–water partition coefficient (Wildman–Crippen LogP) is 2.06. The van der Waals surface area contributed by atoms with Crippen LogP contribution in [0, 0.1) is 16.0 Å². The van der Waals surface area contributed by atoms with Gasteiger partial charge in [-0.2, -0.15) is 0 Å². The zero-order valence-electron chi connectivity index (χ0n) is 8.23. The van der Waals surface area contributed by atoms with Gasteiger partial charge in [-0.15, -0.1) is 0 Å². The number of rotatable bonds is 4. The molecule has 14 heavy (non-hydrogen) atoms. The molecule has 0 bridgehead atoms. The number of pyridine rings is 1. The van der Waals surface area contributed by atoms with E-state index in [1.807, 2.05) is 0 Å². The van der Waals surface area contributed by atoms with Crippen molar-refractivity contribution in [3.05, 3.63) is 28.4 Å². The van der Waals surface area contributed by atoms with Crippen LogP contribution in [-0.4, -0.2) is 16.5 Å². The molecule has 5 heteroatoms. The Balaban J connectivity index is 2.69. The molecule has 0 unspecified atom stereocenters. The molecule has 0 aliphatic rings. The molecule has 0 spiro atoms. The van der Waals surface area contributed by atoms with Crippen LogP contribution in [0.3, 0.4) is 0 Å². The molecule has 0 amide bonds. The topological polar surface area (TPSA) is 68.1 Å². The van der Waals surface area contributed by atoms with Crippen LogP contribution < -0.4 is 5.32 Å². The predicted molar refractivity (Wildman–Crippen MR) is 54.2 cm³/mol. The highest BCUT2D eigenvalue weighted by atomic mass is 16.6. The number of aromatic nitrogens is 1. The Hall–Kier alpha value is -1.65. The van der Waals surface area contributed by atoms with Crippen LogP contribution >= 0.6 is 0 Å². The highest BCUT2D eigenvalue weighted by Gasteiger charge is 2.06. The minimum absolute atomic E-state index is 0.0613. The minimum Gasteiger partial charge on any atom is -0.370 e. The highest BCUT2D eigenvalue weighted by molar-refractivity contribution is 5.44. The molecule has 0 fully saturated rings. The van der Waals surface area contributed by atoms with Gasteiger partial charge in [0, 0.05) is 18.8 Å². The fourth-order valence-corrected chi connectivity index (χ4v) is 0.938. The lowest BCUT2D eigenvalue weighted by molar-refractivity contribution is -0.384. The molecule has 0 aliphatic heterocycles. The van der Waals surface area contributed by atoms with Gasteiger partial charge in [0.1, 0.15) is 5.82 Å². The number of nitro groups is 1. The summed E-state index contributed by atoms with van der Waals surface area (Å²) in [5.41, 5.74) is 0.0613. The van der Waals surface area contributed by atoms with Gasteiger partial charge in [-0.05, 0) is 5.92 Å². The molecule has 5 nitrogen and oxygen atoms in total. The lowest BCUT2D eigenvalue weighted by Gasteiger charge is -2.06. The first kappa shape index (κ1) is 10.4. The zero-order valence-corrected chi connectivity index (χ0v) is 8.23. The summed E-state index contributed by atoms with van der Waals surface area (Å²) in [6.07, 6.45) is 1.43. The number of nitrogens with one attached hydrogen (secondary N) is 1. The second kappa shape index (κ2) is 4.55. The quantitative estimate of drug-likeness (QED) is 0.589. The van der Waals surface area contributed by atoms with Crippen molar-refractivity contribution in [2.75, 3.05) is 11.9 Å². The summed E-state index contributed by atoms with van der Waals surface area (Å²) in [4.78, 5) is 14.0. The van der Waals surface area contributed by atoms with Gasteiger partial charge < -0.3 is 5.32 Å². The maximum atomic E-state index is 10.4. The third-order valence-electron chi connectivity index (χ3n) is 1.65. The lowest BCUT2D eigenvalue weighted by atomic mass is 10.2. The Labute approximate surface area is 82.3 Å². The van der Waals surface area contributed by atoms with Crippen molar-refractivity contribution in [2.24, 2.45) is 5.92 Å². The summed E-state index contributed by atoms with van der Waals surface area (Å²) in [6.45, 7) is 4.88. The molecule has 1 heterocycles. The van der Waals surface area contributed by atoms with Crippen LogP contribution in [0.25, 0.3) is 0 Å². The molecule has 0 saturated heterocycles. The Morgan fingerprint density at radius 2 is 2.36 bits per heavy atom. The number of anilines is 1. The summed E-state index contributed by atoms with van der Waals surface area (Å²) < 4.78 is 0. The van der Waals surface area contributed by atoms with Crippen LogP contribution in [0.1, 0.15) is 13.8 Å². The summed E-state index contributed by atoms with van der Waals surface area (Å²) in [5.74, 6) is 1.03. The van der Waals surface area contributed by atoms with E-state index in [0.717, 1.165) is 6.54 Å². The van der Waals surface area contributed by atoms with Crippen molar-refractivity contribution in [1.29, 1.82) is 0 Å². The van der Waals surface area contributed by atoms with Crippen LogP contribution in [0.4, 0.5) is 11.5 Å². The van der Waals surface area contributed by atoms with E-state index >= 15 is 0 Å². The Bertz CT molecular complexity index is 326. The van der Waals surface area contributed by atoms with Crippen molar-refractivity contribution in [2.45, 2.75) is 13.8 Å². The Morgan fingerprint density at radius 3 is 2.93 bits per heavy atom. The number of hydrogen-bond acceptors (Lipinski definition) is 4. The maximum Gasteiger partial charge on any atom is 0.274 e. The van der Waals surface area contributed by atoms with Gasteiger partial charge in [0.05, 0.1) is 11.0 Å². The van der Waals surface area contributed by atoms with Gasteiger partial charge in [0.15, 0.2) is 0 Å². The summed E-state index contributed by atoms with van der Waals surface area (Å²) in [7, 11) is 0. The summed E-state index contributed by atoms with van der Waals surface area (Å²) in [6, 6.07) is 2.81. The van der Waals surface area contributed by atoms with Crippen LogP contribution in [0.15, 0.2) is 18.3 Å². The molecule has 0 atom stereocenters. The van der Waals surface area contributed by atoms with Gasteiger partial charge in [-0.25, -0.2) is 4.98 Å². The standard InChI is InChI=1S/C9H13N3O2/c1-7(2)6-11-9-5-8(12(13)14)3-4-10-9/h3-5,7H,6H2,1-2H3,(H,10,11). The summed E-state index contributed by atoms with van der Waals surface area (Å²) in [5, 5.41) is 13.5. The van der Waals surface area contributed by atoms with E-state index in [4.69, 9.17) is 0 Å². The number of hydrogen-bond donors (Lipinski definition) is 1. The first-order valence-corrected chi connectivity index (χ1v) is 4.44. The second-order valence-corrected chi connectivity index (χ2v) is 3.43. The average molecular weight is 195 g/mol. The molecule has 0 aliphatic carbocycles. The molecule has 1 rings (SSSR count). The van der Waals surface area contributed by atoms with Gasteiger partial charge in [0.2, 0.25) is 0 Å². The normalized spacial score (nSPS) is 10.2. The summed E-state index contributed by atoms with van der Waals surface area (Å²) >= 11 is 0. The SMILES string of the molecule is CC(C)CNc1cc([N+](=O)[O-])ccn1. The molecule has 0 saturated carbocycles. The second-order valence-electron chi connectivity index (χ2n) is 3.43. The van der Waals surface area contributed by atoms with E-state index in [-0.39, 0.29) is 5.69 Å². The maximum absolute atomic E-state index is 10.4. The lowest BCUT2D eigenvalue weighted by Crippen LogP contribution is -2.09. The third-order valence-corrected chi connectivity index (χ3v) is 1.65. The molecule has 1 aromatic rings. The number of nitrogens with zero attached hydrogens (tertiary/aromatic N) is 2. The zero-order chi connectivity index (χ0) is 10.6. The van der Waals surface area contributed by atoms with Crippen molar-refractivity contribution in [1.82, 2.24) is 4.98 Å². The van der Waals surface area contributed by atoms with Crippen molar-refractivity contribution < 1.29 is 4.92 Å². The minimum atomic E-state index is -0.428. The highest BCUT2D eigenvalue weighted by Crippen LogP contribution is 2.14. The fraction of sp³-hybridized carbons (Fsp3) is 0.444. The third kappa shape index (κ3) is 3.01. The van der Waals surface area contributed by atoms with Gasteiger partial charge in [-0.3, -0.25) is 10.1 Å².